The van der Waals surface area contributed by atoms with Crippen LogP contribution in [-0.2, 0) is 4.79 Å². The van der Waals surface area contributed by atoms with Gasteiger partial charge in [0.2, 0.25) is 0 Å². The zero-order valence-electron chi connectivity index (χ0n) is 11.7. The van der Waals surface area contributed by atoms with E-state index in [4.69, 9.17) is 27.9 Å². The molecule has 2 aromatic rings. The fourth-order valence-electron chi connectivity index (χ4n) is 1.81. The molecule has 2 aromatic carbocycles. The summed E-state index contributed by atoms with van der Waals surface area (Å²) in [4.78, 5) is 11.9. The van der Waals surface area contributed by atoms with E-state index in [1.165, 1.54) is 0 Å². The second-order valence-corrected chi connectivity index (χ2v) is 5.52. The third-order valence-electron chi connectivity index (χ3n) is 2.93. The third kappa shape index (κ3) is 4.13. The van der Waals surface area contributed by atoms with Crippen LogP contribution in [0.3, 0.4) is 0 Å². The molecule has 0 aliphatic heterocycles. The summed E-state index contributed by atoms with van der Waals surface area (Å²) in [5.74, 6) is 0.0524. The van der Waals surface area contributed by atoms with E-state index < -0.39 is 0 Å². The van der Waals surface area contributed by atoms with Gasteiger partial charge in [-0.1, -0.05) is 41.4 Å². The molecule has 5 heteroatoms. The maximum Gasteiger partial charge on any atom is 0.262 e. The summed E-state index contributed by atoms with van der Waals surface area (Å²) in [6.07, 6.45) is 0. The van der Waals surface area contributed by atoms with Gasteiger partial charge in [-0.2, -0.15) is 0 Å². The first-order valence-corrected chi connectivity index (χ1v) is 7.17. The predicted molar refractivity (Wildman–Crippen MR) is 86.5 cm³/mol. The van der Waals surface area contributed by atoms with Crippen LogP contribution in [0.5, 0.6) is 5.75 Å². The number of nitrogens with one attached hydrogen (secondary N) is 1. The van der Waals surface area contributed by atoms with Crippen LogP contribution in [0, 0.1) is 13.8 Å². The molecule has 0 radical (unpaired) electrons. The van der Waals surface area contributed by atoms with Crippen molar-refractivity contribution in [2.24, 2.45) is 0 Å². The Bertz CT molecular complexity index is 651. The number of rotatable bonds is 4. The van der Waals surface area contributed by atoms with E-state index in [0.29, 0.717) is 15.8 Å². The summed E-state index contributed by atoms with van der Waals surface area (Å²) >= 11 is 12.0. The van der Waals surface area contributed by atoms with E-state index in [1.807, 2.05) is 32.0 Å². The van der Waals surface area contributed by atoms with Crippen molar-refractivity contribution in [1.82, 2.24) is 0 Å². The van der Waals surface area contributed by atoms with Crippen molar-refractivity contribution in [2.45, 2.75) is 13.8 Å². The van der Waals surface area contributed by atoms with Crippen molar-refractivity contribution >= 4 is 34.8 Å². The first kappa shape index (κ1) is 15.7. The van der Waals surface area contributed by atoms with Crippen molar-refractivity contribution in [3.05, 3.63) is 57.6 Å². The summed E-state index contributed by atoms with van der Waals surface area (Å²) < 4.78 is 5.40. The Balaban J connectivity index is 2.01. The lowest BCUT2D eigenvalue weighted by Crippen LogP contribution is -2.20. The standard InChI is InChI=1S/C16H15Cl2NO2/c1-10-6-7-11(2)14(8-10)19-15(20)9-21-16-12(17)4-3-5-13(16)18/h3-8H,9H2,1-2H3,(H,19,20). The molecule has 21 heavy (non-hydrogen) atoms. The summed E-state index contributed by atoms with van der Waals surface area (Å²) in [7, 11) is 0. The quantitative estimate of drug-likeness (QED) is 0.890. The maximum atomic E-state index is 11.9. The Labute approximate surface area is 133 Å². The highest BCUT2D eigenvalue weighted by Crippen LogP contribution is 2.32. The zero-order valence-corrected chi connectivity index (χ0v) is 13.3. The highest BCUT2D eigenvalue weighted by Gasteiger charge is 2.10. The van der Waals surface area contributed by atoms with E-state index in [9.17, 15) is 4.79 Å². The number of hydrogen-bond donors (Lipinski definition) is 1. The molecule has 1 N–H and O–H groups in total. The molecule has 3 nitrogen and oxygen atoms in total. The second kappa shape index (κ2) is 6.83. The minimum atomic E-state index is -0.264. The smallest absolute Gasteiger partial charge is 0.262 e. The number of halogens is 2. The molecular weight excluding hydrogens is 309 g/mol. The molecule has 0 fully saturated rings. The summed E-state index contributed by atoms with van der Waals surface area (Å²) in [6.45, 7) is 3.74. The topological polar surface area (TPSA) is 38.3 Å². The van der Waals surface area contributed by atoms with Crippen LogP contribution in [0.2, 0.25) is 10.0 Å². The number of benzene rings is 2. The molecule has 0 unspecified atom stereocenters. The Hall–Kier alpha value is -1.71. The summed E-state index contributed by atoms with van der Waals surface area (Å²) in [6, 6.07) is 10.9. The number of aryl methyl sites for hydroxylation is 2. The molecular formula is C16H15Cl2NO2. The van der Waals surface area contributed by atoms with Gasteiger partial charge in [0.25, 0.3) is 5.91 Å². The lowest BCUT2D eigenvalue weighted by molar-refractivity contribution is -0.118. The largest absolute Gasteiger partial charge is 0.481 e. The average Bonchev–Trinajstić information content (AvgIpc) is 2.42. The Morgan fingerprint density at radius 2 is 1.81 bits per heavy atom. The number of anilines is 1. The van der Waals surface area contributed by atoms with Crippen LogP contribution in [0.1, 0.15) is 11.1 Å². The fourth-order valence-corrected chi connectivity index (χ4v) is 2.32. The van der Waals surface area contributed by atoms with Crippen LogP contribution in [0.25, 0.3) is 0 Å². The van der Waals surface area contributed by atoms with Crippen molar-refractivity contribution in [3.63, 3.8) is 0 Å². The minimum absolute atomic E-state index is 0.156. The molecule has 0 heterocycles. The number of amides is 1. The van der Waals surface area contributed by atoms with Gasteiger partial charge in [-0.05, 0) is 43.2 Å². The molecule has 0 saturated carbocycles. The first-order chi connectivity index (χ1) is 9.97. The minimum Gasteiger partial charge on any atom is -0.481 e. The van der Waals surface area contributed by atoms with Crippen LogP contribution in [-0.4, -0.2) is 12.5 Å². The maximum absolute atomic E-state index is 11.9. The third-order valence-corrected chi connectivity index (χ3v) is 3.53. The molecule has 110 valence electrons. The molecule has 0 bridgehead atoms. The number of carbonyl (C=O) groups is 1. The Morgan fingerprint density at radius 3 is 2.48 bits per heavy atom. The molecule has 0 aromatic heterocycles. The number of hydrogen-bond acceptors (Lipinski definition) is 2. The Kier molecular flexibility index (Phi) is 5.10. The SMILES string of the molecule is Cc1ccc(C)c(NC(=O)COc2c(Cl)cccc2Cl)c1. The van der Waals surface area contributed by atoms with Crippen LogP contribution in [0.15, 0.2) is 36.4 Å². The number of ether oxygens (including phenoxy) is 1. The molecule has 0 saturated heterocycles. The summed E-state index contributed by atoms with van der Waals surface area (Å²) in [5, 5.41) is 3.56. The van der Waals surface area contributed by atoms with E-state index in [-0.39, 0.29) is 12.5 Å². The van der Waals surface area contributed by atoms with Gasteiger partial charge in [-0.25, -0.2) is 0 Å². The lowest BCUT2D eigenvalue weighted by atomic mass is 10.1. The van der Waals surface area contributed by atoms with Crippen molar-refractivity contribution in [1.29, 1.82) is 0 Å². The van der Waals surface area contributed by atoms with Crippen LogP contribution in [0.4, 0.5) is 5.69 Å². The van der Waals surface area contributed by atoms with E-state index >= 15 is 0 Å². The average molecular weight is 324 g/mol. The lowest BCUT2D eigenvalue weighted by Gasteiger charge is -2.12. The van der Waals surface area contributed by atoms with E-state index in [0.717, 1.165) is 16.8 Å². The molecule has 0 spiro atoms. The van der Waals surface area contributed by atoms with Gasteiger partial charge in [0.1, 0.15) is 0 Å². The Morgan fingerprint density at radius 1 is 1.14 bits per heavy atom. The van der Waals surface area contributed by atoms with Crippen molar-refractivity contribution in [3.8, 4) is 5.75 Å². The zero-order chi connectivity index (χ0) is 15.4. The molecule has 2 rings (SSSR count). The van der Waals surface area contributed by atoms with Gasteiger partial charge < -0.3 is 10.1 Å². The normalized spacial score (nSPS) is 10.3. The predicted octanol–water partition coefficient (Wildman–Crippen LogP) is 4.63. The van der Waals surface area contributed by atoms with Crippen LogP contribution < -0.4 is 10.1 Å². The fraction of sp³-hybridized carbons (Fsp3) is 0.188. The highest BCUT2D eigenvalue weighted by molar-refractivity contribution is 6.37. The van der Waals surface area contributed by atoms with Gasteiger partial charge in [-0.3, -0.25) is 4.79 Å². The van der Waals surface area contributed by atoms with Crippen molar-refractivity contribution in [2.75, 3.05) is 11.9 Å². The van der Waals surface area contributed by atoms with Gasteiger partial charge in [0.15, 0.2) is 12.4 Å². The first-order valence-electron chi connectivity index (χ1n) is 6.41. The highest BCUT2D eigenvalue weighted by atomic mass is 35.5. The van der Waals surface area contributed by atoms with E-state index in [2.05, 4.69) is 5.32 Å². The van der Waals surface area contributed by atoms with Gasteiger partial charge in [0.05, 0.1) is 10.0 Å². The van der Waals surface area contributed by atoms with Gasteiger partial charge in [0, 0.05) is 5.69 Å². The number of para-hydroxylation sites is 1. The van der Waals surface area contributed by atoms with Gasteiger partial charge in [-0.15, -0.1) is 0 Å². The monoisotopic (exact) mass is 323 g/mol. The van der Waals surface area contributed by atoms with Crippen molar-refractivity contribution < 1.29 is 9.53 Å². The summed E-state index contributed by atoms with van der Waals surface area (Å²) in [5.41, 5.74) is 2.84. The van der Waals surface area contributed by atoms with Gasteiger partial charge >= 0.3 is 0 Å². The molecule has 0 atom stereocenters. The van der Waals surface area contributed by atoms with Crippen LogP contribution >= 0.6 is 23.2 Å². The molecule has 0 aliphatic rings. The molecule has 1 amide bonds. The van der Waals surface area contributed by atoms with E-state index in [1.54, 1.807) is 18.2 Å². The second-order valence-electron chi connectivity index (χ2n) is 4.71. The molecule has 0 aliphatic carbocycles. The number of carbonyl (C=O) groups excluding carboxylic acids is 1.